The average Bonchev–Trinajstić information content (AvgIpc) is 3.54. The molecule has 0 radical (unpaired) electrons. The summed E-state index contributed by atoms with van der Waals surface area (Å²) in [4.78, 5) is 35.6. The first kappa shape index (κ1) is 20.8. The van der Waals surface area contributed by atoms with Crippen LogP contribution in [-0.4, -0.2) is 43.8 Å². The van der Waals surface area contributed by atoms with E-state index in [4.69, 9.17) is 5.73 Å². The summed E-state index contributed by atoms with van der Waals surface area (Å²) in [6, 6.07) is 1.62. The molecule has 2 aromatic rings. The molecule has 8 nitrogen and oxygen atoms in total. The Morgan fingerprint density at radius 2 is 2.06 bits per heavy atom. The summed E-state index contributed by atoms with van der Waals surface area (Å²) in [7, 11) is 1.91. The Morgan fingerprint density at radius 1 is 1.26 bits per heavy atom. The standard InChI is InChI=1S/C23H28N6O2/c1-15(6-9-18-13-25-14-28(18)2)20-5-3-4-10-29(20)23(31)22(30)27-17-11-19(16-7-8-16)21(24)26-12-17/h6,9,11-14,16,20H,1,3-5,7-8,10H2,2H3,(H2,24,26)(H,27,30)/b9-6-/t20-/m0/s1. The molecule has 0 bridgehead atoms. The van der Waals surface area contributed by atoms with Crippen molar-refractivity contribution in [2.24, 2.45) is 7.05 Å². The number of nitrogens with zero attached hydrogens (tertiary/aromatic N) is 4. The quantitative estimate of drug-likeness (QED) is 0.571. The molecular weight excluding hydrogens is 392 g/mol. The van der Waals surface area contributed by atoms with E-state index in [1.807, 2.05) is 29.8 Å². The fourth-order valence-corrected chi connectivity index (χ4v) is 3.99. The predicted molar refractivity (Wildman–Crippen MR) is 120 cm³/mol. The van der Waals surface area contributed by atoms with Crippen LogP contribution in [-0.2, 0) is 16.6 Å². The molecule has 1 saturated heterocycles. The van der Waals surface area contributed by atoms with E-state index in [0.29, 0.717) is 24.0 Å². The normalized spacial score (nSPS) is 18.9. The third-order valence-corrected chi connectivity index (χ3v) is 5.93. The number of hydrogen-bond donors (Lipinski definition) is 2. The molecule has 31 heavy (non-hydrogen) atoms. The van der Waals surface area contributed by atoms with Crippen LogP contribution in [0.5, 0.6) is 0 Å². The highest BCUT2D eigenvalue weighted by Gasteiger charge is 2.32. The number of imidazole rings is 1. The van der Waals surface area contributed by atoms with E-state index in [1.165, 1.54) is 6.20 Å². The molecule has 1 aliphatic carbocycles. The first-order valence-corrected chi connectivity index (χ1v) is 10.6. The number of nitrogen functional groups attached to an aromatic ring is 1. The highest BCUT2D eigenvalue weighted by atomic mass is 16.2. The minimum atomic E-state index is -0.663. The Balaban J connectivity index is 1.44. The van der Waals surface area contributed by atoms with Crippen molar-refractivity contribution in [3.8, 4) is 0 Å². The number of anilines is 2. The van der Waals surface area contributed by atoms with Gasteiger partial charge < -0.3 is 20.5 Å². The lowest BCUT2D eigenvalue weighted by Gasteiger charge is -2.35. The van der Waals surface area contributed by atoms with Crippen LogP contribution in [0, 0.1) is 0 Å². The number of aryl methyl sites for hydroxylation is 1. The lowest BCUT2D eigenvalue weighted by molar-refractivity contribution is -0.145. The van der Waals surface area contributed by atoms with Gasteiger partial charge in [0.25, 0.3) is 0 Å². The lowest BCUT2D eigenvalue weighted by Crippen LogP contribution is -2.48. The highest BCUT2D eigenvalue weighted by molar-refractivity contribution is 6.39. The molecular formula is C23H28N6O2. The molecule has 162 valence electrons. The molecule has 1 aliphatic heterocycles. The van der Waals surface area contributed by atoms with Crippen molar-refractivity contribution >= 4 is 29.4 Å². The molecule has 1 saturated carbocycles. The van der Waals surface area contributed by atoms with Crippen LogP contribution < -0.4 is 11.1 Å². The average molecular weight is 421 g/mol. The number of pyridine rings is 1. The van der Waals surface area contributed by atoms with Gasteiger partial charge in [-0.05, 0) is 61.3 Å². The van der Waals surface area contributed by atoms with E-state index in [0.717, 1.165) is 48.9 Å². The number of amides is 2. The fourth-order valence-electron chi connectivity index (χ4n) is 3.99. The summed E-state index contributed by atoms with van der Waals surface area (Å²) in [5, 5.41) is 2.70. The maximum atomic E-state index is 13.0. The van der Waals surface area contributed by atoms with Crippen LogP contribution in [0.4, 0.5) is 11.5 Å². The second kappa shape index (κ2) is 8.75. The van der Waals surface area contributed by atoms with Crippen molar-refractivity contribution in [1.82, 2.24) is 19.4 Å². The van der Waals surface area contributed by atoms with Gasteiger partial charge in [0.15, 0.2) is 0 Å². The number of carbonyl (C=O) groups excluding carboxylic acids is 2. The molecule has 2 aliphatic rings. The van der Waals surface area contributed by atoms with E-state index >= 15 is 0 Å². The van der Waals surface area contributed by atoms with E-state index in [-0.39, 0.29) is 6.04 Å². The first-order valence-electron chi connectivity index (χ1n) is 10.6. The van der Waals surface area contributed by atoms with Crippen molar-refractivity contribution < 1.29 is 9.59 Å². The Hall–Kier alpha value is -3.42. The maximum Gasteiger partial charge on any atom is 0.313 e. The van der Waals surface area contributed by atoms with Crippen molar-refractivity contribution in [2.75, 3.05) is 17.6 Å². The fraction of sp³-hybridized carbons (Fsp3) is 0.391. The predicted octanol–water partition coefficient (Wildman–Crippen LogP) is 2.86. The van der Waals surface area contributed by atoms with Crippen LogP contribution in [0.3, 0.4) is 0 Å². The van der Waals surface area contributed by atoms with Gasteiger partial charge in [-0.15, -0.1) is 0 Å². The summed E-state index contributed by atoms with van der Waals surface area (Å²) in [5.41, 5.74) is 9.12. The molecule has 8 heteroatoms. The van der Waals surface area contributed by atoms with Crippen LogP contribution >= 0.6 is 0 Å². The molecule has 0 spiro atoms. The van der Waals surface area contributed by atoms with Gasteiger partial charge in [0.2, 0.25) is 0 Å². The molecule has 2 amide bonds. The Bertz CT molecular complexity index is 1040. The number of hydrogen-bond acceptors (Lipinski definition) is 5. The van der Waals surface area contributed by atoms with Gasteiger partial charge in [-0.2, -0.15) is 0 Å². The van der Waals surface area contributed by atoms with Gasteiger partial charge in [0, 0.05) is 13.6 Å². The molecule has 3 heterocycles. The Labute approximate surface area is 181 Å². The smallest absolute Gasteiger partial charge is 0.313 e. The topological polar surface area (TPSA) is 106 Å². The third-order valence-electron chi connectivity index (χ3n) is 5.93. The monoisotopic (exact) mass is 420 g/mol. The van der Waals surface area contributed by atoms with Crippen LogP contribution in [0.15, 0.2) is 43.0 Å². The molecule has 0 aromatic carbocycles. The molecule has 2 aromatic heterocycles. The summed E-state index contributed by atoms with van der Waals surface area (Å²) >= 11 is 0. The molecule has 0 unspecified atom stereocenters. The number of nitrogens with one attached hydrogen (secondary N) is 1. The van der Waals surface area contributed by atoms with Crippen molar-refractivity contribution in [3.63, 3.8) is 0 Å². The zero-order chi connectivity index (χ0) is 22.0. The zero-order valence-electron chi connectivity index (χ0n) is 17.8. The molecule has 1 atom stereocenters. The SMILES string of the molecule is C=C(/C=C\c1cncn1C)[C@@H]1CCCCN1C(=O)C(=O)Nc1cnc(N)c(C2CC2)c1. The molecule has 4 rings (SSSR count). The molecule has 3 N–H and O–H groups in total. The van der Waals surface area contributed by atoms with Crippen LogP contribution in [0.25, 0.3) is 6.08 Å². The Morgan fingerprint density at radius 3 is 2.77 bits per heavy atom. The first-order chi connectivity index (χ1) is 14.9. The zero-order valence-corrected chi connectivity index (χ0v) is 17.8. The number of aromatic nitrogens is 3. The summed E-state index contributed by atoms with van der Waals surface area (Å²) < 4.78 is 1.90. The summed E-state index contributed by atoms with van der Waals surface area (Å²) in [6.07, 6.45) is 13.6. The van der Waals surface area contributed by atoms with Gasteiger partial charge in [-0.1, -0.05) is 12.7 Å². The van der Waals surface area contributed by atoms with Gasteiger partial charge in [0.05, 0.1) is 36.1 Å². The van der Waals surface area contributed by atoms with Gasteiger partial charge >= 0.3 is 11.8 Å². The number of rotatable bonds is 5. The van der Waals surface area contributed by atoms with E-state index in [2.05, 4.69) is 21.9 Å². The maximum absolute atomic E-state index is 13.0. The number of piperidine rings is 1. The third kappa shape index (κ3) is 4.68. The van der Waals surface area contributed by atoms with Crippen molar-refractivity contribution in [3.05, 3.63) is 54.3 Å². The largest absolute Gasteiger partial charge is 0.383 e. The van der Waals surface area contributed by atoms with E-state index < -0.39 is 11.8 Å². The van der Waals surface area contributed by atoms with Crippen LogP contribution in [0.1, 0.15) is 49.3 Å². The molecule has 2 fully saturated rings. The lowest BCUT2D eigenvalue weighted by atomic mass is 9.95. The summed E-state index contributed by atoms with van der Waals surface area (Å²) in [5.74, 6) is -0.325. The summed E-state index contributed by atoms with van der Waals surface area (Å²) in [6.45, 7) is 4.70. The minimum absolute atomic E-state index is 0.206. The minimum Gasteiger partial charge on any atom is -0.383 e. The second-order valence-corrected chi connectivity index (χ2v) is 8.27. The van der Waals surface area contributed by atoms with Gasteiger partial charge in [0.1, 0.15) is 5.82 Å². The van der Waals surface area contributed by atoms with Crippen molar-refractivity contribution in [2.45, 2.75) is 44.1 Å². The second-order valence-electron chi connectivity index (χ2n) is 8.27. The van der Waals surface area contributed by atoms with Crippen LogP contribution in [0.2, 0.25) is 0 Å². The van der Waals surface area contributed by atoms with Gasteiger partial charge in [-0.3, -0.25) is 9.59 Å². The van der Waals surface area contributed by atoms with E-state index in [9.17, 15) is 9.59 Å². The number of likely N-dealkylation sites (tertiary alicyclic amines) is 1. The Kier molecular flexibility index (Phi) is 5.88. The number of nitrogens with two attached hydrogens (primary N) is 1. The van der Waals surface area contributed by atoms with E-state index in [1.54, 1.807) is 17.4 Å². The van der Waals surface area contributed by atoms with Gasteiger partial charge in [-0.25, -0.2) is 9.97 Å². The number of carbonyl (C=O) groups is 2. The van der Waals surface area contributed by atoms with Crippen molar-refractivity contribution in [1.29, 1.82) is 0 Å². The highest BCUT2D eigenvalue weighted by Crippen LogP contribution is 2.42.